The molecule has 148 valence electrons. The van der Waals surface area contributed by atoms with Crippen molar-refractivity contribution in [3.05, 3.63) is 69.6 Å². The van der Waals surface area contributed by atoms with Crippen molar-refractivity contribution in [3.8, 4) is 23.4 Å². The van der Waals surface area contributed by atoms with E-state index in [2.05, 4.69) is 47.2 Å². The maximum absolute atomic E-state index is 12.1. The van der Waals surface area contributed by atoms with Crippen molar-refractivity contribution in [2.45, 2.75) is 19.7 Å². The molecule has 0 spiro atoms. The summed E-state index contributed by atoms with van der Waals surface area (Å²) in [7, 11) is 0. The maximum atomic E-state index is 12.1. The van der Waals surface area contributed by atoms with Crippen LogP contribution in [0.5, 0.6) is 11.6 Å². The maximum Gasteiger partial charge on any atom is 0.349 e. The topological polar surface area (TPSA) is 147 Å². The molecule has 0 amide bonds. The molecular weight excluding hydrogens is 512 g/mol. The lowest BCUT2D eigenvalue weighted by molar-refractivity contribution is 0.446. The van der Waals surface area contributed by atoms with Crippen molar-refractivity contribution in [3.63, 3.8) is 0 Å². The predicted molar refractivity (Wildman–Crippen MR) is 110 cm³/mol. The molecule has 0 atom stereocenters. The zero-order valence-corrected chi connectivity index (χ0v) is 18.1. The number of H-pyrrole nitrogens is 2. The van der Waals surface area contributed by atoms with Crippen LogP contribution in [0, 0.1) is 11.3 Å². The molecule has 0 saturated carbocycles. The third-order valence-corrected chi connectivity index (χ3v) is 4.86. The number of ether oxygens (including phenoxy) is 1. The van der Waals surface area contributed by atoms with E-state index in [0.29, 0.717) is 8.95 Å². The largest absolute Gasteiger partial charge is 0.435 e. The molecular formula is C17H12Br2N6O4. The van der Waals surface area contributed by atoms with Crippen molar-refractivity contribution >= 4 is 31.9 Å². The van der Waals surface area contributed by atoms with Gasteiger partial charge in [0.25, 0.3) is 11.1 Å². The van der Waals surface area contributed by atoms with Gasteiger partial charge in [-0.25, -0.2) is 9.89 Å². The average molecular weight is 525 g/mol. The van der Waals surface area contributed by atoms with Gasteiger partial charge in [-0.1, -0.05) is 13.8 Å². The van der Waals surface area contributed by atoms with Crippen LogP contribution in [0.25, 0.3) is 5.69 Å². The van der Waals surface area contributed by atoms with E-state index in [1.54, 1.807) is 19.9 Å². The van der Waals surface area contributed by atoms with Crippen molar-refractivity contribution < 1.29 is 6.11 Å². The van der Waals surface area contributed by atoms with Crippen LogP contribution >= 0.6 is 31.9 Å². The molecule has 3 rings (SSSR count). The first-order valence-corrected chi connectivity index (χ1v) is 9.51. The van der Waals surface area contributed by atoms with E-state index in [0.717, 1.165) is 4.68 Å². The summed E-state index contributed by atoms with van der Waals surface area (Å²) >= 11 is 6.66. The number of nitrogens with zero attached hydrogens (tertiary/aromatic N) is 4. The summed E-state index contributed by atoms with van der Waals surface area (Å²) in [5.74, 6) is -0.849. The van der Waals surface area contributed by atoms with Crippen molar-refractivity contribution in [1.82, 2.24) is 25.0 Å². The Kier molecular flexibility index (Phi) is 5.41. The van der Waals surface area contributed by atoms with Crippen LogP contribution in [0.3, 0.4) is 0 Å². The van der Waals surface area contributed by atoms with Gasteiger partial charge in [0, 0.05) is 13.0 Å². The van der Waals surface area contributed by atoms with Crippen LogP contribution < -0.4 is 21.5 Å². The molecule has 0 aliphatic carbocycles. The lowest BCUT2D eigenvalue weighted by Crippen LogP contribution is -2.33. The quantitative estimate of drug-likeness (QED) is 0.532. The highest BCUT2D eigenvalue weighted by molar-refractivity contribution is 9.11. The number of halogens is 2. The average Bonchev–Trinajstić information content (AvgIpc) is 2.65. The molecule has 0 unspecified atom stereocenters. The number of aromatic nitrogens is 5. The SMILES string of the molecule is [2H]C(C)(C)c1cc(Oc2c(Br)cc(-n3nc(C#N)c(=O)[nH]c3=O)cc2Br)n[nH]c1=O. The second-order valence-corrected chi connectivity index (χ2v) is 7.63. The molecule has 29 heavy (non-hydrogen) atoms. The van der Waals surface area contributed by atoms with Gasteiger partial charge in [0.15, 0.2) is 5.75 Å². The molecule has 3 aromatic rings. The highest BCUT2D eigenvalue weighted by Gasteiger charge is 2.16. The van der Waals surface area contributed by atoms with Gasteiger partial charge in [-0.2, -0.15) is 9.94 Å². The predicted octanol–water partition coefficient (Wildman–Crippen LogP) is 2.32. The van der Waals surface area contributed by atoms with Gasteiger partial charge in [-0.3, -0.25) is 14.6 Å². The van der Waals surface area contributed by atoms with E-state index < -0.39 is 28.4 Å². The van der Waals surface area contributed by atoms with E-state index in [-0.39, 0.29) is 22.9 Å². The van der Waals surface area contributed by atoms with E-state index in [1.807, 2.05) is 4.98 Å². The number of nitrogens with one attached hydrogen (secondary N) is 2. The number of benzene rings is 1. The summed E-state index contributed by atoms with van der Waals surface area (Å²) in [6, 6.07) is 5.94. The van der Waals surface area contributed by atoms with Gasteiger partial charge >= 0.3 is 5.69 Å². The van der Waals surface area contributed by atoms with Crippen LogP contribution in [0.2, 0.25) is 0 Å². The second kappa shape index (κ2) is 8.14. The minimum Gasteiger partial charge on any atom is -0.435 e. The molecule has 1 aromatic carbocycles. The van der Waals surface area contributed by atoms with Crippen LogP contribution in [0.1, 0.15) is 32.4 Å². The Morgan fingerprint density at radius 2 is 1.86 bits per heavy atom. The summed E-state index contributed by atoms with van der Waals surface area (Å²) in [6.45, 7) is 3.12. The standard InChI is InChI=1S/C17H12Br2N6O4/c1-7(2)9-5-13(22-23-15(9)26)29-14-10(18)3-8(4-11(14)19)25-17(28)21-16(27)12(6-20)24-25/h3-5,7H,1-2H3,(H,23,26)(H,21,27,28)/i7D. The first-order chi connectivity index (χ1) is 14.0. The third-order valence-electron chi connectivity index (χ3n) is 3.69. The minimum absolute atomic E-state index is 0.0465. The Morgan fingerprint density at radius 3 is 2.45 bits per heavy atom. The molecule has 0 aliphatic heterocycles. The van der Waals surface area contributed by atoms with Crippen LogP contribution in [0.15, 0.2) is 41.5 Å². The van der Waals surface area contributed by atoms with E-state index in [1.165, 1.54) is 18.2 Å². The summed E-state index contributed by atoms with van der Waals surface area (Å²) < 4.78 is 15.4. The Morgan fingerprint density at radius 1 is 1.21 bits per heavy atom. The summed E-state index contributed by atoms with van der Waals surface area (Å²) in [5, 5.41) is 18.8. The first-order valence-electron chi connectivity index (χ1n) is 8.42. The summed E-state index contributed by atoms with van der Waals surface area (Å²) in [4.78, 5) is 37.5. The number of hydrogen-bond donors (Lipinski definition) is 2. The Hall–Kier alpha value is -3.04. The van der Waals surface area contributed by atoms with Gasteiger partial charge in [0.05, 0.1) is 14.6 Å². The molecule has 2 heterocycles. The molecule has 2 aromatic heterocycles. The lowest BCUT2D eigenvalue weighted by atomic mass is 10.1. The van der Waals surface area contributed by atoms with Gasteiger partial charge in [0.1, 0.15) is 6.07 Å². The molecule has 0 fully saturated rings. The monoisotopic (exact) mass is 523 g/mol. The Labute approximate surface area is 180 Å². The number of hydrogen-bond acceptors (Lipinski definition) is 7. The second-order valence-electron chi connectivity index (χ2n) is 5.92. The summed E-state index contributed by atoms with van der Waals surface area (Å²) in [5.41, 5.74) is -2.26. The fourth-order valence-corrected chi connectivity index (χ4v) is 3.65. The fraction of sp³-hybridized carbons (Fsp3) is 0.176. The molecule has 12 heteroatoms. The van der Waals surface area contributed by atoms with Crippen LogP contribution in [-0.2, 0) is 0 Å². The Balaban J connectivity index is 2.06. The van der Waals surface area contributed by atoms with E-state index >= 15 is 0 Å². The third kappa shape index (κ3) is 4.20. The normalized spacial score (nSPS) is 11.6. The smallest absolute Gasteiger partial charge is 0.349 e. The van der Waals surface area contributed by atoms with Gasteiger partial charge < -0.3 is 4.74 Å². The van der Waals surface area contributed by atoms with Crippen LogP contribution in [-0.4, -0.2) is 25.0 Å². The lowest BCUT2D eigenvalue weighted by Gasteiger charge is -2.12. The zero-order valence-electron chi connectivity index (χ0n) is 15.9. The van der Waals surface area contributed by atoms with Gasteiger partial charge in [-0.15, -0.1) is 10.2 Å². The first kappa shape index (κ1) is 19.3. The molecule has 10 nitrogen and oxygen atoms in total. The van der Waals surface area contributed by atoms with Crippen molar-refractivity contribution in [1.29, 1.82) is 5.26 Å². The minimum atomic E-state index is -1.16. The van der Waals surface area contributed by atoms with Crippen molar-refractivity contribution in [2.75, 3.05) is 0 Å². The number of nitriles is 1. The molecule has 0 bridgehead atoms. The van der Waals surface area contributed by atoms with E-state index in [9.17, 15) is 14.4 Å². The van der Waals surface area contributed by atoms with Crippen LogP contribution in [0.4, 0.5) is 0 Å². The highest BCUT2D eigenvalue weighted by Crippen LogP contribution is 2.38. The van der Waals surface area contributed by atoms with Crippen molar-refractivity contribution in [2.24, 2.45) is 0 Å². The number of rotatable bonds is 4. The molecule has 2 N–H and O–H groups in total. The fourth-order valence-electron chi connectivity index (χ4n) is 2.33. The summed E-state index contributed by atoms with van der Waals surface area (Å²) in [6.07, 6.45) is 0. The van der Waals surface area contributed by atoms with Gasteiger partial charge in [0.2, 0.25) is 11.6 Å². The van der Waals surface area contributed by atoms with E-state index in [4.69, 9.17) is 11.4 Å². The molecule has 0 saturated heterocycles. The molecule has 0 aliphatic rings. The highest BCUT2D eigenvalue weighted by atomic mass is 79.9. The molecule has 0 radical (unpaired) electrons. The number of aromatic amines is 2. The zero-order chi connectivity index (χ0) is 22.2. The van der Waals surface area contributed by atoms with Gasteiger partial charge in [-0.05, 0) is 49.9 Å². The Bertz CT molecular complexity index is 1340.